The van der Waals surface area contributed by atoms with Gasteiger partial charge in [-0.25, -0.2) is 9.97 Å². The van der Waals surface area contributed by atoms with Crippen molar-refractivity contribution in [2.24, 2.45) is 4.99 Å². The first-order valence-corrected chi connectivity index (χ1v) is 18.6. The van der Waals surface area contributed by atoms with E-state index in [0.717, 1.165) is 78.0 Å². The standard InChI is InChI=1S/C50H34N4O2/c51-47(49-48(40-19-10-11-21-43(40)56-49)52-31-32-13-4-1-5-14-32)37-27-28-39-45(29-37)55-44-22-12-20-38(46(39)44)33-23-25-35(26-24-33)42-30-41(34-15-6-2-7-16-34)53-50(54-42)36-17-8-3-9-18-36/h1-31,48-49,51H. The molecule has 0 spiro atoms. The van der Waals surface area contributed by atoms with Crippen LogP contribution in [0.25, 0.3) is 67.0 Å². The third-order valence-electron chi connectivity index (χ3n) is 10.4. The molecule has 0 fully saturated rings. The van der Waals surface area contributed by atoms with E-state index in [1.54, 1.807) is 0 Å². The van der Waals surface area contributed by atoms with Crippen molar-refractivity contribution < 1.29 is 9.15 Å². The van der Waals surface area contributed by atoms with Gasteiger partial charge in [-0.2, -0.15) is 0 Å². The molecule has 3 heterocycles. The van der Waals surface area contributed by atoms with Crippen molar-refractivity contribution in [1.82, 2.24) is 9.97 Å². The Balaban J connectivity index is 0.979. The zero-order valence-corrected chi connectivity index (χ0v) is 30.2. The topological polar surface area (TPSA) is 84.4 Å². The fourth-order valence-corrected chi connectivity index (χ4v) is 7.56. The molecule has 2 unspecified atom stereocenters. The van der Waals surface area contributed by atoms with Gasteiger partial charge in [-0.15, -0.1) is 0 Å². The zero-order chi connectivity index (χ0) is 37.4. The molecule has 1 aliphatic heterocycles. The number of hydrogen-bond acceptors (Lipinski definition) is 6. The number of aromatic nitrogens is 2. The molecule has 2 atom stereocenters. The van der Waals surface area contributed by atoms with Crippen molar-refractivity contribution in [1.29, 1.82) is 5.41 Å². The van der Waals surface area contributed by atoms with Crippen molar-refractivity contribution in [3.05, 3.63) is 199 Å². The summed E-state index contributed by atoms with van der Waals surface area (Å²) < 4.78 is 12.9. The maximum absolute atomic E-state index is 9.37. The van der Waals surface area contributed by atoms with E-state index < -0.39 is 6.10 Å². The van der Waals surface area contributed by atoms with Crippen LogP contribution < -0.4 is 4.74 Å². The minimum absolute atomic E-state index is 0.350. The molecular weight excluding hydrogens is 689 g/mol. The Bertz CT molecular complexity index is 2850. The molecule has 1 aliphatic rings. The predicted molar refractivity (Wildman–Crippen MR) is 226 cm³/mol. The Morgan fingerprint density at radius 2 is 1.21 bits per heavy atom. The monoisotopic (exact) mass is 722 g/mol. The van der Waals surface area contributed by atoms with Crippen molar-refractivity contribution in [2.75, 3.05) is 0 Å². The number of aliphatic imine (C=N–C) groups is 1. The molecule has 9 aromatic rings. The van der Waals surface area contributed by atoms with Crippen LogP contribution in [-0.4, -0.2) is 28.0 Å². The summed E-state index contributed by atoms with van der Waals surface area (Å²) in [6.07, 6.45) is 1.29. The predicted octanol–water partition coefficient (Wildman–Crippen LogP) is 12.0. The average Bonchev–Trinajstić information content (AvgIpc) is 3.84. The molecule has 1 N–H and O–H groups in total. The quantitative estimate of drug-likeness (QED) is 0.158. The fraction of sp³-hybridized carbons (Fsp3) is 0.0400. The van der Waals surface area contributed by atoms with Crippen LogP contribution in [0.4, 0.5) is 0 Å². The van der Waals surface area contributed by atoms with Gasteiger partial charge in [0.2, 0.25) is 0 Å². The van der Waals surface area contributed by atoms with Gasteiger partial charge < -0.3 is 14.6 Å². The first-order chi connectivity index (χ1) is 27.7. The highest BCUT2D eigenvalue weighted by molar-refractivity contribution is 6.14. The molecule has 7 aromatic carbocycles. The summed E-state index contributed by atoms with van der Waals surface area (Å²) in [5, 5.41) is 11.4. The molecule has 10 rings (SSSR count). The Morgan fingerprint density at radius 3 is 1.96 bits per heavy atom. The van der Waals surface area contributed by atoms with Crippen molar-refractivity contribution >= 4 is 33.9 Å². The average molecular weight is 723 g/mol. The third kappa shape index (κ3) is 6.13. The van der Waals surface area contributed by atoms with E-state index in [4.69, 9.17) is 24.1 Å². The lowest BCUT2D eigenvalue weighted by Crippen LogP contribution is -2.28. The number of hydrogen-bond donors (Lipinski definition) is 1. The van der Waals surface area contributed by atoms with Crippen LogP contribution in [-0.2, 0) is 0 Å². The minimum Gasteiger partial charge on any atom is -0.481 e. The normalized spacial score (nSPS) is 14.9. The first kappa shape index (κ1) is 33.2. The second kappa shape index (κ2) is 14.1. The van der Waals surface area contributed by atoms with E-state index in [2.05, 4.69) is 54.6 Å². The van der Waals surface area contributed by atoms with E-state index in [1.807, 2.05) is 134 Å². The molecule has 0 amide bonds. The number of nitrogens with one attached hydrogen (secondary N) is 1. The van der Waals surface area contributed by atoms with Crippen LogP contribution in [0.1, 0.15) is 22.7 Å². The van der Waals surface area contributed by atoms with Gasteiger partial charge in [0, 0.05) is 44.8 Å². The van der Waals surface area contributed by atoms with Crippen LogP contribution in [0.5, 0.6) is 5.75 Å². The number of nitrogens with zero attached hydrogens (tertiary/aromatic N) is 3. The highest BCUT2D eigenvalue weighted by Crippen LogP contribution is 2.42. The number of furan rings is 1. The minimum atomic E-state index is -0.578. The maximum atomic E-state index is 9.37. The molecule has 0 radical (unpaired) electrons. The van der Waals surface area contributed by atoms with Crippen molar-refractivity contribution in [2.45, 2.75) is 12.1 Å². The van der Waals surface area contributed by atoms with Crippen LogP contribution in [0.3, 0.4) is 0 Å². The van der Waals surface area contributed by atoms with E-state index >= 15 is 0 Å². The van der Waals surface area contributed by atoms with Crippen LogP contribution in [0, 0.1) is 5.41 Å². The van der Waals surface area contributed by atoms with Gasteiger partial charge in [-0.3, -0.25) is 4.99 Å². The second-order valence-electron chi connectivity index (χ2n) is 13.9. The van der Waals surface area contributed by atoms with Crippen LogP contribution in [0.2, 0.25) is 0 Å². The lowest BCUT2D eigenvalue weighted by Gasteiger charge is -2.17. The summed E-state index contributed by atoms with van der Waals surface area (Å²) in [6, 6.07) is 60.7. The smallest absolute Gasteiger partial charge is 0.167 e. The summed E-state index contributed by atoms with van der Waals surface area (Å²) in [4.78, 5) is 14.9. The Kier molecular flexibility index (Phi) is 8.34. The Labute approximate surface area is 324 Å². The largest absolute Gasteiger partial charge is 0.481 e. The lowest BCUT2D eigenvalue weighted by atomic mass is 9.95. The summed E-state index contributed by atoms with van der Waals surface area (Å²) >= 11 is 0. The van der Waals surface area contributed by atoms with Gasteiger partial charge in [0.05, 0.1) is 17.1 Å². The highest BCUT2D eigenvalue weighted by Gasteiger charge is 2.37. The number of rotatable bonds is 8. The molecule has 2 aromatic heterocycles. The molecule has 6 nitrogen and oxygen atoms in total. The molecule has 266 valence electrons. The lowest BCUT2D eigenvalue weighted by molar-refractivity contribution is 0.276. The van der Waals surface area contributed by atoms with Gasteiger partial charge in [0.15, 0.2) is 11.9 Å². The molecule has 0 saturated carbocycles. The molecule has 6 heteroatoms. The van der Waals surface area contributed by atoms with E-state index in [-0.39, 0.29) is 6.04 Å². The highest BCUT2D eigenvalue weighted by atomic mass is 16.5. The molecule has 0 saturated heterocycles. The summed E-state index contributed by atoms with van der Waals surface area (Å²) in [5.41, 5.74) is 11.4. The number of ether oxygens (including phenoxy) is 1. The molecule has 0 aliphatic carbocycles. The van der Waals surface area contributed by atoms with Crippen molar-refractivity contribution in [3.8, 4) is 50.8 Å². The molecular formula is C50H34N4O2. The van der Waals surface area contributed by atoms with E-state index in [1.165, 1.54) is 0 Å². The van der Waals surface area contributed by atoms with E-state index in [9.17, 15) is 5.41 Å². The van der Waals surface area contributed by atoms with Crippen LogP contribution >= 0.6 is 0 Å². The number of fused-ring (bicyclic) bond motifs is 4. The molecule has 0 bridgehead atoms. The van der Waals surface area contributed by atoms with Gasteiger partial charge in [0.25, 0.3) is 0 Å². The van der Waals surface area contributed by atoms with E-state index in [0.29, 0.717) is 17.1 Å². The van der Waals surface area contributed by atoms with Gasteiger partial charge in [-0.1, -0.05) is 152 Å². The SMILES string of the molecule is N=C(c1ccc2c(c1)oc1cccc(-c3ccc(-c4cc(-c5ccccc5)nc(-c5ccccc5)n4)cc3)c12)C1Oc2ccccc2C1N=Cc1ccccc1. The summed E-state index contributed by atoms with van der Waals surface area (Å²) in [5.74, 6) is 1.44. The second-order valence-corrected chi connectivity index (χ2v) is 13.9. The number of para-hydroxylation sites is 1. The number of benzene rings is 7. The van der Waals surface area contributed by atoms with Gasteiger partial charge >= 0.3 is 0 Å². The fourth-order valence-electron chi connectivity index (χ4n) is 7.56. The van der Waals surface area contributed by atoms with Crippen LogP contribution in [0.15, 0.2) is 191 Å². The Hall–Kier alpha value is -7.44. The van der Waals surface area contributed by atoms with Crippen molar-refractivity contribution in [3.63, 3.8) is 0 Å². The molecule has 56 heavy (non-hydrogen) atoms. The zero-order valence-electron chi connectivity index (χ0n) is 30.2. The van der Waals surface area contributed by atoms with Gasteiger partial charge in [0.1, 0.15) is 23.0 Å². The maximum Gasteiger partial charge on any atom is 0.167 e. The summed E-state index contributed by atoms with van der Waals surface area (Å²) in [7, 11) is 0. The Morgan fingerprint density at radius 1 is 0.571 bits per heavy atom. The summed E-state index contributed by atoms with van der Waals surface area (Å²) in [6.45, 7) is 0. The third-order valence-corrected chi connectivity index (χ3v) is 10.4. The first-order valence-electron chi connectivity index (χ1n) is 18.6. The van der Waals surface area contributed by atoms with Gasteiger partial charge in [-0.05, 0) is 47.0 Å².